The third-order valence-corrected chi connectivity index (χ3v) is 7.01. The van der Waals surface area contributed by atoms with Crippen molar-refractivity contribution in [3.8, 4) is 0 Å². The van der Waals surface area contributed by atoms with Gasteiger partial charge in [0, 0.05) is 12.0 Å². The smallest absolute Gasteiger partial charge is 0.331 e. The maximum atomic E-state index is 12.5. The molecule has 0 unspecified atom stereocenters. The molecule has 1 amide bonds. The lowest BCUT2D eigenvalue weighted by molar-refractivity contribution is -0.135. The van der Waals surface area contributed by atoms with Gasteiger partial charge < -0.3 is 4.74 Å². The standard InChI is InChI=1S/C26H23N3O3S/c1-32-22(30)16-21-25(31)27-26(33-21)29-24(18-11-6-3-7-12-18)20-14-8-13-19(23(20)28-29)15-17-9-4-2-5-10-17/h2-7,9-12,15-16,20,24H,8,13-14H2,1H3/b19-15-,21-16-/t20-,24-/m1/s1. The number of thioether (sulfide) groups is 1. The summed E-state index contributed by atoms with van der Waals surface area (Å²) in [5.74, 6) is -0.818. The molecule has 6 nitrogen and oxygen atoms in total. The molecule has 1 saturated carbocycles. The average molecular weight is 458 g/mol. The van der Waals surface area contributed by atoms with Gasteiger partial charge in [-0.3, -0.25) is 4.79 Å². The number of carbonyl (C=O) groups is 2. The number of nitrogens with zero attached hydrogens (tertiary/aromatic N) is 3. The summed E-state index contributed by atoms with van der Waals surface area (Å²) >= 11 is 1.17. The fraction of sp³-hybridized carbons (Fsp3) is 0.231. The summed E-state index contributed by atoms with van der Waals surface area (Å²) in [4.78, 5) is 28.7. The van der Waals surface area contributed by atoms with Gasteiger partial charge in [-0.05, 0) is 53.8 Å². The largest absolute Gasteiger partial charge is 0.466 e. The van der Waals surface area contributed by atoms with Crippen LogP contribution >= 0.6 is 11.8 Å². The van der Waals surface area contributed by atoms with Crippen LogP contribution in [0.5, 0.6) is 0 Å². The molecule has 2 aliphatic heterocycles. The molecule has 0 saturated heterocycles. The first-order valence-corrected chi connectivity index (χ1v) is 11.7. The van der Waals surface area contributed by atoms with Crippen molar-refractivity contribution in [3.05, 3.63) is 88.3 Å². The van der Waals surface area contributed by atoms with Crippen molar-refractivity contribution in [1.82, 2.24) is 5.01 Å². The highest BCUT2D eigenvalue weighted by Crippen LogP contribution is 2.46. The Hall–Kier alpha value is -3.45. The molecule has 2 heterocycles. The van der Waals surface area contributed by atoms with Crippen molar-refractivity contribution < 1.29 is 14.3 Å². The number of rotatable bonds is 3. The predicted molar refractivity (Wildman–Crippen MR) is 130 cm³/mol. The summed E-state index contributed by atoms with van der Waals surface area (Å²) in [5, 5.41) is 7.40. The summed E-state index contributed by atoms with van der Waals surface area (Å²) in [5.41, 5.74) is 4.56. The fourth-order valence-corrected chi connectivity index (χ4v) is 5.42. The molecule has 2 aromatic rings. The molecule has 2 atom stereocenters. The summed E-state index contributed by atoms with van der Waals surface area (Å²) in [6, 6.07) is 20.4. The normalized spacial score (nSPS) is 24.6. The van der Waals surface area contributed by atoms with E-state index in [1.54, 1.807) is 0 Å². The van der Waals surface area contributed by atoms with Gasteiger partial charge in [-0.1, -0.05) is 60.7 Å². The Labute approximate surface area is 196 Å². The van der Waals surface area contributed by atoms with Crippen LogP contribution in [0.25, 0.3) is 6.08 Å². The maximum Gasteiger partial charge on any atom is 0.331 e. The molecule has 1 fully saturated rings. The minimum Gasteiger partial charge on any atom is -0.466 e. The number of hydrogen-bond acceptors (Lipinski definition) is 6. The monoisotopic (exact) mass is 457 g/mol. The van der Waals surface area contributed by atoms with E-state index in [2.05, 4.69) is 40.1 Å². The number of fused-ring (bicyclic) bond motifs is 1. The molecule has 0 aromatic heterocycles. The average Bonchev–Trinajstić information content (AvgIpc) is 3.41. The number of hydrogen-bond donors (Lipinski definition) is 0. The van der Waals surface area contributed by atoms with E-state index in [4.69, 9.17) is 5.10 Å². The SMILES string of the molecule is COC(=O)/C=C1\SC(N2N=C3/C(=C\c4ccccc4)CCC[C@H]3[C@H]2c2ccccc2)=NC1=O. The van der Waals surface area contributed by atoms with E-state index in [0.29, 0.717) is 5.17 Å². The zero-order chi connectivity index (χ0) is 22.8. The molecule has 166 valence electrons. The number of allylic oxidation sites excluding steroid dienone is 1. The van der Waals surface area contributed by atoms with E-state index in [0.717, 1.165) is 36.1 Å². The Morgan fingerprint density at radius 2 is 1.85 bits per heavy atom. The predicted octanol–water partition coefficient (Wildman–Crippen LogP) is 4.97. The number of amides is 1. The van der Waals surface area contributed by atoms with Crippen molar-refractivity contribution in [2.75, 3.05) is 7.11 Å². The summed E-state index contributed by atoms with van der Waals surface area (Å²) < 4.78 is 4.68. The van der Waals surface area contributed by atoms with Crippen molar-refractivity contribution in [2.24, 2.45) is 16.0 Å². The molecule has 0 spiro atoms. The maximum absolute atomic E-state index is 12.5. The van der Waals surface area contributed by atoms with Crippen LogP contribution in [0.3, 0.4) is 0 Å². The van der Waals surface area contributed by atoms with E-state index in [1.165, 1.54) is 30.5 Å². The second kappa shape index (κ2) is 9.19. The van der Waals surface area contributed by atoms with E-state index >= 15 is 0 Å². The van der Waals surface area contributed by atoms with Gasteiger partial charge in [0.2, 0.25) is 0 Å². The van der Waals surface area contributed by atoms with Crippen LogP contribution in [-0.4, -0.2) is 34.9 Å². The molecule has 2 aromatic carbocycles. The molecule has 7 heteroatoms. The summed E-state index contributed by atoms with van der Waals surface area (Å²) in [6.45, 7) is 0. The van der Waals surface area contributed by atoms with Gasteiger partial charge >= 0.3 is 5.97 Å². The minimum absolute atomic E-state index is 0.0581. The van der Waals surface area contributed by atoms with Crippen LogP contribution in [0.2, 0.25) is 0 Å². The van der Waals surface area contributed by atoms with E-state index < -0.39 is 11.9 Å². The van der Waals surface area contributed by atoms with Crippen LogP contribution in [-0.2, 0) is 14.3 Å². The molecule has 0 N–H and O–H groups in total. The highest BCUT2D eigenvalue weighted by Gasteiger charge is 2.44. The first kappa shape index (κ1) is 21.4. The molecule has 33 heavy (non-hydrogen) atoms. The number of aliphatic imine (C=N–C) groups is 1. The highest BCUT2D eigenvalue weighted by atomic mass is 32.2. The van der Waals surface area contributed by atoms with Crippen molar-refractivity contribution >= 4 is 40.6 Å². The molecule has 0 radical (unpaired) electrons. The van der Waals surface area contributed by atoms with Crippen LogP contribution in [0.4, 0.5) is 0 Å². The molecule has 1 aliphatic carbocycles. The second-order valence-electron chi connectivity index (χ2n) is 8.10. The first-order valence-electron chi connectivity index (χ1n) is 10.9. The van der Waals surface area contributed by atoms with Crippen LogP contribution in [0, 0.1) is 5.92 Å². The summed E-state index contributed by atoms with van der Waals surface area (Å²) in [6.07, 6.45) is 6.46. The third kappa shape index (κ3) is 4.28. The van der Waals surface area contributed by atoms with Crippen molar-refractivity contribution in [2.45, 2.75) is 25.3 Å². The van der Waals surface area contributed by atoms with Gasteiger partial charge in [-0.2, -0.15) is 10.1 Å². The Morgan fingerprint density at radius 1 is 1.12 bits per heavy atom. The number of benzene rings is 2. The molecule has 3 aliphatic rings. The zero-order valence-corrected chi connectivity index (χ0v) is 19.0. The molecule has 5 rings (SSSR count). The Balaban J connectivity index is 1.54. The van der Waals surface area contributed by atoms with Crippen LogP contribution in [0.15, 0.2) is 87.3 Å². The molecular weight excluding hydrogens is 434 g/mol. The van der Waals surface area contributed by atoms with Crippen LogP contribution in [0.1, 0.15) is 36.4 Å². The Kier molecular flexibility index (Phi) is 5.96. The Bertz CT molecular complexity index is 1200. The number of amidine groups is 1. The lowest BCUT2D eigenvalue weighted by Crippen LogP contribution is -2.30. The minimum atomic E-state index is -0.573. The van der Waals surface area contributed by atoms with E-state index in [-0.39, 0.29) is 16.9 Å². The second-order valence-corrected chi connectivity index (χ2v) is 9.11. The summed E-state index contributed by atoms with van der Waals surface area (Å²) in [7, 11) is 1.29. The fourth-order valence-electron chi connectivity index (χ4n) is 4.55. The lowest BCUT2D eigenvalue weighted by Gasteiger charge is -2.30. The Morgan fingerprint density at radius 3 is 2.58 bits per heavy atom. The quantitative estimate of drug-likeness (QED) is 0.481. The van der Waals surface area contributed by atoms with Gasteiger partial charge in [0.15, 0.2) is 5.17 Å². The number of hydrazone groups is 1. The number of carbonyl (C=O) groups excluding carboxylic acids is 2. The van der Waals surface area contributed by atoms with Crippen molar-refractivity contribution in [1.29, 1.82) is 0 Å². The van der Waals surface area contributed by atoms with Gasteiger partial charge in [-0.25, -0.2) is 9.80 Å². The number of esters is 1. The van der Waals surface area contributed by atoms with Crippen LogP contribution < -0.4 is 0 Å². The van der Waals surface area contributed by atoms with Gasteiger partial charge in [0.05, 0.1) is 23.8 Å². The van der Waals surface area contributed by atoms with Crippen molar-refractivity contribution in [3.63, 3.8) is 0 Å². The zero-order valence-electron chi connectivity index (χ0n) is 18.2. The third-order valence-electron chi connectivity index (χ3n) is 6.04. The van der Waals surface area contributed by atoms with E-state index in [1.807, 2.05) is 41.4 Å². The lowest BCUT2D eigenvalue weighted by atomic mass is 9.77. The highest BCUT2D eigenvalue weighted by molar-refractivity contribution is 8.18. The number of methoxy groups -OCH3 is 1. The molecular formula is C26H23N3O3S. The molecule has 0 bridgehead atoms. The van der Waals surface area contributed by atoms with Gasteiger partial charge in [-0.15, -0.1) is 0 Å². The number of ether oxygens (including phenoxy) is 1. The van der Waals surface area contributed by atoms with Gasteiger partial charge in [0.1, 0.15) is 0 Å². The van der Waals surface area contributed by atoms with Gasteiger partial charge in [0.25, 0.3) is 5.91 Å². The topological polar surface area (TPSA) is 71.3 Å². The van der Waals surface area contributed by atoms with E-state index in [9.17, 15) is 9.59 Å². The first-order chi connectivity index (χ1) is 16.1.